The number of anilines is 1. The Bertz CT molecular complexity index is 1110. The number of carbonyl (C=O) groups is 1. The van der Waals surface area contributed by atoms with Gasteiger partial charge in [-0.15, -0.1) is 18.3 Å². The zero-order chi connectivity index (χ0) is 24.8. The maximum absolute atomic E-state index is 13.0. The van der Waals surface area contributed by atoms with E-state index >= 15 is 0 Å². The molecule has 1 aromatic carbocycles. The predicted octanol–water partition coefficient (Wildman–Crippen LogP) is 6.05. The number of thioether (sulfide) groups is 1. The molecule has 34 heavy (non-hydrogen) atoms. The Morgan fingerprint density at radius 3 is 2.65 bits per heavy atom. The molecular weight excluding hydrogens is 485 g/mol. The molecule has 10 heteroatoms. The summed E-state index contributed by atoms with van der Waals surface area (Å²) in [6, 6.07) is 7.68. The maximum Gasteiger partial charge on any atom is 0.416 e. The summed E-state index contributed by atoms with van der Waals surface area (Å²) in [6.07, 6.45) is 2.97. The van der Waals surface area contributed by atoms with Gasteiger partial charge < -0.3 is 5.32 Å². The van der Waals surface area contributed by atoms with Gasteiger partial charge in [0.1, 0.15) is 10.3 Å². The monoisotopic (exact) mass is 512 g/mol. The van der Waals surface area contributed by atoms with E-state index in [1.807, 2.05) is 0 Å². The number of benzene rings is 1. The van der Waals surface area contributed by atoms with E-state index in [1.165, 1.54) is 23.9 Å². The summed E-state index contributed by atoms with van der Waals surface area (Å²) in [4.78, 5) is 16.7. The number of alkyl halides is 3. The fourth-order valence-electron chi connectivity index (χ4n) is 4.04. The zero-order valence-electron chi connectivity index (χ0n) is 18.6. The van der Waals surface area contributed by atoms with Crippen LogP contribution in [-0.4, -0.2) is 30.8 Å². The molecule has 0 spiro atoms. The van der Waals surface area contributed by atoms with E-state index in [-0.39, 0.29) is 23.0 Å². The van der Waals surface area contributed by atoms with Crippen molar-refractivity contribution in [1.29, 1.82) is 0 Å². The number of rotatable bonds is 10. The lowest BCUT2D eigenvalue weighted by Crippen LogP contribution is -2.18. The molecule has 1 atom stereocenters. The molecule has 3 rings (SSSR count). The lowest BCUT2D eigenvalue weighted by atomic mass is 10.0. The van der Waals surface area contributed by atoms with Gasteiger partial charge in [0.2, 0.25) is 5.91 Å². The lowest BCUT2D eigenvalue weighted by Gasteiger charge is -2.16. The van der Waals surface area contributed by atoms with Gasteiger partial charge in [-0.1, -0.05) is 37.1 Å². The third-order valence-electron chi connectivity index (χ3n) is 5.74. The molecule has 1 N–H and O–H groups in total. The molecule has 0 bridgehead atoms. The van der Waals surface area contributed by atoms with Gasteiger partial charge in [0, 0.05) is 18.4 Å². The Morgan fingerprint density at radius 2 is 1.97 bits per heavy atom. The van der Waals surface area contributed by atoms with Crippen LogP contribution in [0.4, 0.5) is 18.9 Å². The van der Waals surface area contributed by atoms with E-state index in [4.69, 9.17) is 0 Å². The van der Waals surface area contributed by atoms with Crippen molar-refractivity contribution in [2.75, 3.05) is 16.8 Å². The second-order valence-electron chi connectivity index (χ2n) is 8.25. The van der Waals surface area contributed by atoms with E-state index in [2.05, 4.69) is 16.9 Å². The van der Waals surface area contributed by atoms with E-state index in [1.54, 1.807) is 18.3 Å². The number of hydrogen-bond donors (Lipinski definition) is 1. The average molecular weight is 513 g/mol. The molecule has 1 heterocycles. The van der Waals surface area contributed by atoms with E-state index < -0.39 is 26.8 Å². The highest BCUT2D eigenvalue weighted by Crippen LogP contribution is 2.34. The Labute approximate surface area is 202 Å². The Morgan fingerprint density at radius 1 is 1.24 bits per heavy atom. The number of pyridine rings is 1. The molecule has 1 aliphatic carbocycles. The van der Waals surface area contributed by atoms with Gasteiger partial charge in [-0.2, -0.15) is 13.2 Å². The summed E-state index contributed by atoms with van der Waals surface area (Å²) in [6.45, 7) is 3.52. The fourth-order valence-corrected chi connectivity index (χ4v) is 7.02. The van der Waals surface area contributed by atoms with Crippen molar-refractivity contribution in [3.05, 3.63) is 66.4 Å². The van der Waals surface area contributed by atoms with Gasteiger partial charge in [-0.05, 0) is 42.5 Å². The van der Waals surface area contributed by atoms with Crippen LogP contribution >= 0.6 is 11.8 Å². The minimum absolute atomic E-state index is 0.0209. The third-order valence-corrected chi connectivity index (χ3v) is 9.02. The first-order valence-electron chi connectivity index (χ1n) is 11.0. The van der Waals surface area contributed by atoms with Gasteiger partial charge >= 0.3 is 6.18 Å². The van der Waals surface area contributed by atoms with Crippen LogP contribution in [0.25, 0.3) is 0 Å². The quantitative estimate of drug-likeness (QED) is 0.310. The highest BCUT2D eigenvalue weighted by molar-refractivity contribution is 8.00. The number of hydrogen-bond acceptors (Lipinski definition) is 5. The summed E-state index contributed by atoms with van der Waals surface area (Å²) in [7, 11) is -3.83. The molecule has 2 aromatic rings. The fraction of sp³-hybridized carbons (Fsp3) is 0.417. The van der Waals surface area contributed by atoms with Gasteiger partial charge in [-0.3, -0.25) is 4.79 Å². The van der Waals surface area contributed by atoms with Gasteiger partial charge in [0.15, 0.2) is 9.84 Å². The highest BCUT2D eigenvalue weighted by atomic mass is 32.2. The van der Waals surface area contributed by atoms with Gasteiger partial charge in [0.05, 0.1) is 17.0 Å². The van der Waals surface area contributed by atoms with Crippen LogP contribution in [0.3, 0.4) is 0 Å². The summed E-state index contributed by atoms with van der Waals surface area (Å²) in [5.74, 6) is 0.125. The van der Waals surface area contributed by atoms with Crippen molar-refractivity contribution in [3.63, 3.8) is 0 Å². The van der Waals surface area contributed by atoms with Gasteiger partial charge in [0.25, 0.3) is 0 Å². The first-order valence-corrected chi connectivity index (χ1v) is 13.7. The van der Waals surface area contributed by atoms with Crippen LogP contribution in [0.1, 0.15) is 48.5 Å². The average Bonchev–Trinajstić information content (AvgIpc) is 3.27. The highest BCUT2D eigenvalue weighted by Gasteiger charge is 2.32. The van der Waals surface area contributed by atoms with E-state index in [9.17, 15) is 26.4 Å². The van der Waals surface area contributed by atoms with Crippen LogP contribution in [0.2, 0.25) is 0 Å². The summed E-state index contributed by atoms with van der Waals surface area (Å²) >= 11 is 1.17. The predicted molar refractivity (Wildman–Crippen MR) is 128 cm³/mol. The Kier molecular flexibility index (Phi) is 8.81. The molecule has 0 radical (unpaired) electrons. The summed E-state index contributed by atoms with van der Waals surface area (Å²) in [5, 5.41) is 2.10. The van der Waals surface area contributed by atoms with Crippen LogP contribution in [0.5, 0.6) is 0 Å². The van der Waals surface area contributed by atoms with E-state index in [0.717, 1.165) is 43.9 Å². The molecule has 0 aliphatic heterocycles. The molecule has 1 aliphatic rings. The molecule has 5 nitrogen and oxygen atoms in total. The molecule has 1 fully saturated rings. The normalized spacial score (nSPS) is 15.7. The number of carbonyl (C=O) groups excluding carboxylic acids is 1. The van der Waals surface area contributed by atoms with Crippen molar-refractivity contribution in [2.24, 2.45) is 5.92 Å². The standard InChI is InChI=1S/C24H27F3N2O3S2/c1-2-21(18-9-5-10-19(16-18)24(25,26)27)34(31,32)14-13-33-23-20(11-6-12-28-23)29-22(30)15-17-7-3-4-8-17/h2,5-6,9-12,16-17,21H,1,3-4,7-8,13-15H2,(H,29,30). The number of nitrogens with one attached hydrogen (secondary N) is 1. The second kappa shape index (κ2) is 11.4. The smallest absolute Gasteiger partial charge is 0.324 e. The number of halogens is 3. The number of aromatic nitrogens is 1. The van der Waals surface area contributed by atoms with Crippen molar-refractivity contribution >= 4 is 33.2 Å². The second-order valence-corrected chi connectivity index (χ2v) is 11.6. The summed E-state index contributed by atoms with van der Waals surface area (Å²) in [5.41, 5.74) is -0.369. The van der Waals surface area contributed by atoms with Crippen LogP contribution < -0.4 is 5.32 Å². The summed E-state index contributed by atoms with van der Waals surface area (Å²) < 4.78 is 65.0. The molecule has 1 saturated carbocycles. The number of amides is 1. The first kappa shape index (κ1) is 26.3. The van der Waals surface area contributed by atoms with E-state index in [0.29, 0.717) is 23.1 Å². The molecule has 1 amide bonds. The molecule has 1 unspecified atom stereocenters. The largest absolute Gasteiger partial charge is 0.416 e. The maximum atomic E-state index is 13.0. The van der Waals surface area contributed by atoms with Crippen LogP contribution in [0.15, 0.2) is 60.3 Å². The SMILES string of the molecule is C=CC(c1cccc(C(F)(F)F)c1)S(=O)(=O)CCSc1ncccc1NC(=O)CC1CCCC1. The molecular formula is C24H27F3N2O3S2. The minimum Gasteiger partial charge on any atom is -0.324 e. The van der Waals surface area contributed by atoms with Gasteiger partial charge in [-0.25, -0.2) is 13.4 Å². The third kappa shape index (κ3) is 7.09. The minimum atomic E-state index is -4.57. The lowest BCUT2D eigenvalue weighted by molar-refractivity contribution is -0.137. The van der Waals surface area contributed by atoms with Crippen molar-refractivity contribution < 1.29 is 26.4 Å². The van der Waals surface area contributed by atoms with Crippen molar-refractivity contribution in [1.82, 2.24) is 4.98 Å². The Hall–Kier alpha value is -2.33. The number of sulfone groups is 1. The first-order chi connectivity index (χ1) is 16.1. The number of nitrogens with zero attached hydrogens (tertiary/aromatic N) is 1. The van der Waals surface area contributed by atoms with Crippen molar-refractivity contribution in [3.8, 4) is 0 Å². The topological polar surface area (TPSA) is 76.1 Å². The molecule has 1 aromatic heterocycles. The molecule has 0 saturated heterocycles. The Balaban J connectivity index is 1.64. The van der Waals surface area contributed by atoms with Crippen LogP contribution in [-0.2, 0) is 20.8 Å². The zero-order valence-corrected chi connectivity index (χ0v) is 20.2. The van der Waals surface area contributed by atoms with Crippen LogP contribution in [0, 0.1) is 5.92 Å². The molecule has 184 valence electrons. The van der Waals surface area contributed by atoms with Crippen molar-refractivity contribution in [2.45, 2.75) is 48.6 Å².